The number of aromatic nitrogens is 1. The van der Waals surface area contributed by atoms with Gasteiger partial charge in [0.2, 0.25) is 5.95 Å². The predicted molar refractivity (Wildman–Crippen MR) is 99.0 cm³/mol. The fourth-order valence-corrected chi connectivity index (χ4v) is 3.05. The average molecular weight is 400 g/mol. The maximum absolute atomic E-state index is 13.5. The molecule has 1 N–H and O–H groups in total. The third kappa shape index (κ3) is 5.94. The van der Waals surface area contributed by atoms with Crippen LogP contribution in [0.25, 0.3) is 0 Å². The second kappa shape index (κ2) is 9.19. The standard InChI is InChI=1S/C19H21ClF3N3O/c1-3-4-15(13(2)20)18(27)25-12-16(14-5-6-17(21)24-11-14)26-9-7-19(22,23)8-10-26/h3-6,11,16H,1-2,7-10,12H2,(H,25,27)/b15-4+. The Labute approximate surface area is 161 Å². The van der Waals surface area contributed by atoms with Crippen LogP contribution in [-0.4, -0.2) is 41.3 Å². The molecule has 0 aromatic carbocycles. The normalized spacial score (nSPS) is 18.6. The number of piperidine rings is 1. The fraction of sp³-hybridized carbons (Fsp3) is 0.368. The third-order valence-corrected chi connectivity index (χ3v) is 4.59. The lowest BCUT2D eigenvalue weighted by atomic mass is 10.0. The maximum Gasteiger partial charge on any atom is 0.252 e. The number of nitrogens with zero attached hydrogens (tertiary/aromatic N) is 2. The first-order valence-corrected chi connectivity index (χ1v) is 8.80. The van der Waals surface area contributed by atoms with Crippen molar-refractivity contribution in [3.05, 3.63) is 65.8 Å². The molecule has 1 aromatic heterocycles. The summed E-state index contributed by atoms with van der Waals surface area (Å²) >= 11 is 5.83. The summed E-state index contributed by atoms with van der Waals surface area (Å²) in [6.07, 6.45) is 3.65. The quantitative estimate of drug-likeness (QED) is 0.428. The Balaban J connectivity index is 2.16. The Morgan fingerprint density at radius 1 is 1.41 bits per heavy atom. The van der Waals surface area contributed by atoms with Crippen molar-refractivity contribution in [2.75, 3.05) is 19.6 Å². The van der Waals surface area contributed by atoms with Gasteiger partial charge in [-0.1, -0.05) is 36.9 Å². The molecule has 27 heavy (non-hydrogen) atoms. The van der Waals surface area contributed by atoms with Crippen molar-refractivity contribution in [2.24, 2.45) is 0 Å². The van der Waals surface area contributed by atoms with E-state index in [-0.39, 0.29) is 43.1 Å². The molecular formula is C19H21ClF3N3O. The highest BCUT2D eigenvalue weighted by atomic mass is 35.5. The van der Waals surface area contributed by atoms with Crippen LogP contribution in [0.3, 0.4) is 0 Å². The summed E-state index contributed by atoms with van der Waals surface area (Å²) in [6.45, 7) is 7.50. The first-order chi connectivity index (χ1) is 12.7. The van der Waals surface area contributed by atoms with Crippen LogP contribution in [0.1, 0.15) is 24.4 Å². The number of allylic oxidation sites excluding steroid dienone is 2. The van der Waals surface area contributed by atoms with Crippen LogP contribution in [0.4, 0.5) is 13.2 Å². The van der Waals surface area contributed by atoms with E-state index in [1.54, 1.807) is 0 Å². The summed E-state index contributed by atoms with van der Waals surface area (Å²) in [7, 11) is 0. The molecule has 4 nitrogen and oxygen atoms in total. The molecular weight excluding hydrogens is 379 g/mol. The number of nitrogens with one attached hydrogen (secondary N) is 1. The topological polar surface area (TPSA) is 45.2 Å². The summed E-state index contributed by atoms with van der Waals surface area (Å²) in [5, 5.41) is 2.79. The number of hydrogen-bond acceptors (Lipinski definition) is 3. The molecule has 1 fully saturated rings. The van der Waals surface area contributed by atoms with E-state index in [1.165, 1.54) is 30.5 Å². The minimum absolute atomic E-state index is 0.0602. The Morgan fingerprint density at radius 2 is 2.07 bits per heavy atom. The van der Waals surface area contributed by atoms with Gasteiger partial charge < -0.3 is 5.32 Å². The zero-order valence-corrected chi connectivity index (χ0v) is 15.5. The van der Waals surface area contributed by atoms with E-state index in [4.69, 9.17) is 11.6 Å². The number of likely N-dealkylation sites (tertiary alicyclic amines) is 1. The summed E-state index contributed by atoms with van der Waals surface area (Å²) in [4.78, 5) is 17.8. The Hall–Kier alpha value is -2.12. The first kappa shape index (κ1) is 21.2. The van der Waals surface area contributed by atoms with Crippen LogP contribution in [0.5, 0.6) is 0 Å². The minimum Gasteiger partial charge on any atom is -0.350 e. The molecule has 1 unspecified atom stereocenters. The molecule has 2 rings (SSSR count). The lowest BCUT2D eigenvalue weighted by Crippen LogP contribution is -2.45. The molecule has 0 saturated carbocycles. The number of rotatable bonds is 7. The Morgan fingerprint density at radius 3 is 2.59 bits per heavy atom. The molecule has 0 radical (unpaired) electrons. The summed E-state index contributed by atoms with van der Waals surface area (Å²) in [6, 6.07) is 2.31. The van der Waals surface area contributed by atoms with Gasteiger partial charge in [-0.3, -0.25) is 9.69 Å². The van der Waals surface area contributed by atoms with Gasteiger partial charge in [0.1, 0.15) is 0 Å². The number of pyridine rings is 1. The first-order valence-electron chi connectivity index (χ1n) is 8.42. The van der Waals surface area contributed by atoms with Gasteiger partial charge in [-0.05, 0) is 17.7 Å². The monoisotopic (exact) mass is 399 g/mol. The van der Waals surface area contributed by atoms with Crippen molar-refractivity contribution < 1.29 is 18.0 Å². The van der Waals surface area contributed by atoms with E-state index in [0.29, 0.717) is 5.56 Å². The number of halogens is 4. The van der Waals surface area contributed by atoms with Gasteiger partial charge in [0.15, 0.2) is 0 Å². The molecule has 0 bridgehead atoms. The van der Waals surface area contributed by atoms with Crippen LogP contribution >= 0.6 is 11.6 Å². The van der Waals surface area contributed by atoms with E-state index >= 15 is 0 Å². The van der Waals surface area contributed by atoms with Crippen molar-refractivity contribution in [3.8, 4) is 0 Å². The highest BCUT2D eigenvalue weighted by Crippen LogP contribution is 2.32. The Kier molecular flexibility index (Phi) is 7.21. The van der Waals surface area contributed by atoms with Crippen molar-refractivity contribution in [3.63, 3.8) is 0 Å². The van der Waals surface area contributed by atoms with Gasteiger partial charge in [-0.25, -0.2) is 13.8 Å². The highest BCUT2D eigenvalue weighted by molar-refractivity contribution is 6.35. The van der Waals surface area contributed by atoms with E-state index in [2.05, 4.69) is 23.5 Å². The van der Waals surface area contributed by atoms with Gasteiger partial charge in [-0.15, -0.1) is 0 Å². The van der Waals surface area contributed by atoms with Gasteiger partial charge in [0.05, 0.1) is 11.6 Å². The number of alkyl halides is 2. The molecule has 1 aliphatic heterocycles. The lowest BCUT2D eigenvalue weighted by Gasteiger charge is -2.37. The highest BCUT2D eigenvalue weighted by Gasteiger charge is 2.36. The third-order valence-electron chi connectivity index (χ3n) is 4.38. The minimum atomic E-state index is -2.69. The zero-order chi connectivity index (χ0) is 20.0. The van der Waals surface area contributed by atoms with Gasteiger partial charge >= 0.3 is 0 Å². The molecule has 1 aliphatic rings. The smallest absolute Gasteiger partial charge is 0.252 e. The molecule has 1 aromatic rings. The lowest BCUT2D eigenvalue weighted by molar-refractivity contribution is -0.117. The Bertz CT molecular complexity index is 724. The van der Waals surface area contributed by atoms with Crippen LogP contribution in [0, 0.1) is 5.95 Å². The summed E-state index contributed by atoms with van der Waals surface area (Å²) < 4.78 is 40.1. The van der Waals surface area contributed by atoms with E-state index in [1.807, 2.05) is 4.90 Å². The molecule has 1 saturated heterocycles. The zero-order valence-electron chi connectivity index (χ0n) is 14.7. The van der Waals surface area contributed by atoms with Gasteiger partial charge in [0, 0.05) is 43.7 Å². The number of carbonyl (C=O) groups excluding carboxylic acids is 1. The molecule has 0 spiro atoms. The van der Waals surface area contributed by atoms with Crippen LogP contribution in [-0.2, 0) is 4.79 Å². The summed E-state index contributed by atoms with van der Waals surface area (Å²) in [5.74, 6) is -3.79. The van der Waals surface area contributed by atoms with E-state index in [0.717, 1.165) is 0 Å². The second-order valence-electron chi connectivity index (χ2n) is 6.25. The van der Waals surface area contributed by atoms with Crippen LogP contribution in [0.15, 0.2) is 54.2 Å². The number of carbonyl (C=O) groups is 1. The number of hydrogen-bond donors (Lipinski definition) is 1. The maximum atomic E-state index is 13.5. The van der Waals surface area contributed by atoms with Crippen molar-refractivity contribution >= 4 is 17.5 Å². The molecule has 1 atom stereocenters. The fourth-order valence-electron chi connectivity index (χ4n) is 2.90. The second-order valence-corrected chi connectivity index (χ2v) is 6.71. The van der Waals surface area contributed by atoms with Gasteiger partial charge in [-0.2, -0.15) is 4.39 Å². The molecule has 8 heteroatoms. The van der Waals surface area contributed by atoms with Crippen molar-refractivity contribution in [1.29, 1.82) is 0 Å². The van der Waals surface area contributed by atoms with Crippen LogP contribution < -0.4 is 5.32 Å². The molecule has 0 aliphatic carbocycles. The van der Waals surface area contributed by atoms with E-state index in [9.17, 15) is 18.0 Å². The summed E-state index contributed by atoms with van der Waals surface area (Å²) in [5.41, 5.74) is 0.786. The predicted octanol–water partition coefficient (Wildman–Crippen LogP) is 3.97. The molecule has 2 heterocycles. The SMILES string of the molecule is C=C/C=C(\C(=C)Cl)C(=O)NCC(c1ccc(F)nc1)N1CCC(F)(F)CC1. The van der Waals surface area contributed by atoms with Crippen molar-refractivity contribution in [2.45, 2.75) is 24.8 Å². The molecule has 1 amide bonds. The number of amides is 1. The van der Waals surface area contributed by atoms with Gasteiger partial charge in [0.25, 0.3) is 11.8 Å². The van der Waals surface area contributed by atoms with Crippen molar-refractivity contribution in [1.82, 2.24) is 15.2 Å². The van der Waals surface area contributed by atoms with Crippen LogP contribution in [0.2, 0.25) is 0 Å². The largest absolute Gasteiger partial charge is 0.350 e. The molecule has 146 valence electrons. The van der Waals surface area contributed by atoms with E-state index < -0.39 is 23.8 Å². The average Bonchev–Trinajstić information content (AvgIpc) is 2.61.